The van der Waals surface area contributed by atoms with Gasteiger partial charge in [0.15, 0.2) is 5.65 Å². The average molecular weight is 381 g/mol. The Bertz CT molecular complexity index is 813. The monoisotopic (exact) mass is 380 g/mol. The summed E-state index contributed by atoms with van der Waals surface area (Å²) in [5.74, 6) is -0.352. The Morgan fingerprint density at radius 3 is 3.05 bits per heavy atom. The Kier molecular flexibility index (Phi) is 3.98. The number of fused-ring (bicyclic) bond motifs is 1. The number of hydrogen-bond acceptors (Lipinski definition) is 5. The normalized spacial score (nSPS) is 14.0. The van der Waals surface area contributed by atoms with Crippen molar-refractivity contribution in [3.8, 4) is 0 Å². The maximum atomic E-state index is 12.1. The van der Waals surface area contributed by atoms with Gasteiger partial charge in [-0.2, -0.15) is 11.3 Å². The van der Waals surface area contributed by atoms with Crippen LogP contribution in [0, 0.1) is 0 Å². The summed E-state index contributed by atoms with van der Waals surface area (Å²) in [6, 6.07) is 5.42. The zero-order valence-electron chi connectivity index (χ0n) is 11.7. The molecule has 0 unspecified atom stereocenters. The van der Waals surface area contributed by atoms with Crippen molar-refractivity contribution in [2.75, 3.05) is 6.54 Å². The van der Waals surface area contributed by atoms with E-state index in [0.29, 0.717) is 5.65 Å². The van der Waals surface area contributed by atoms with E-state index in [1.165, 1.54) is 15.9 Å². The predicted octanol–water partition coefficient (Wildman–Crippen LogP) is 2.19. The number of aliphatic hydroxyl groups is 1. The molecule has 3 aromatic rings. The molecule has 3 heterocycles. The first kappa shape index (κ1) is 15.1. The minimum Gasteiger partial charge on any atom is -0.384 e. The molecular weight excluding hydrogens is 368 g/mol. The van der Waals surface area contributed by atoms with Crippen LogP contribution in [0.5, 0.6) is 0 Å². The van der Waals surface area contributed by atoms with E-state index in [9.17, 15) is 9.90 Å². The smallest absolute Gasteiger partial charge is 0.291 e. The summed E-state index contributed by atoms with van der Waals surface area (Å²) in [7, 11) is 0. The number of carbonyl (C=O) groups excluding carboxylic acids is 1. The highest BCUT2D eigenvalue weighted by atomic mass is 79.9. The lowest BCUT2D eigenvalue weighted by Crippen LogP contribution is -2.38. The Morgan fingerprint density at radius 2 is 2.32 bits per heavy atom. The van der Waals surface area contributed by atoms with Crippen LogP contribution in [0.1, 0.15) is 23.1 Å². The first-order chi connectivity index (χ1) is 10.5. The van der Waals surface area contributed by atoms with Gasteiger partial charge < -0.3 is 10.4 Å². The van der Waals surface area contributed by atoms with Crippen LogP contribution in [0.3, 0.4) is 0 Å². The van der Waals surface area contributed by atoms with Gasteiger partial charge in [-0.3, -0.25) is 4.79 Å². The molecule has 1 atom stereocenters. The molecule has 22 heavy (non-hydrogen) atoms. The van der Waals surface area contributed by atoms with E-state index in [0.717, 1.165) is 10.0 Å². The SMILES string of the molecule is C[C@](O)(CNC(=O)c1nc2ccc(Br)cn2n1)c1ccsc1. The Morgan fingerprint density at radius 1 is 1.50 bits per heavy atom. The van der Waals surface area contributed by atoms with Crippen LogP contribution in [-0.2, 0) is 5.60 Å². The van der Waals surface area contributed by atoms with E-state index in [1.807, 2.05) is 22.9 Å². The fourth-order valence-corrected chi connectivity index (χ4v) is 3.07. The summed E-state index contributed by atoms with van der Waals surface area (Å²) in [6.07, 6.45) is 1.72. The fourth-order valence-electron chi connectivity index (χ4n) is 1.96. The van der Waals surface area contributed by atoms with Crippen LogP contribution in [0.2, 0.25) is 0 Å². The summed E-state index contributed by atoms with van der Waals surface area (Å²) in [5, 5.41) is 20.9. The van der Waals surface area contributed by atoms with Gasteiger partial charge in [0.05, 0.1) is 6.54 Å². The van der Waals surface area contributed by atoms with Crippen molar-refractivity contribution in [2.24, 2.45) is 0 Å². The van der Waals surface area contributed by atoms with Crippen molar-refractivity contribution in [3.05, 3.63) is 51.0 Å². The molecule has 0 aliphatic rings. The van der Waals surface area contributed by atoms with Crippen LogP contribution >= 0.6 is 27.3 Å². The van der Waals surface area contributed by atoms with Gasteiger partial charge in [0.25, 0.3) is 5.91 Å². The van der Waals surface area contributed by atoms with Crippen LogP contribution in [0.15, 0.2) is 39.6 Å². The van der Waals surface area contributed by atoms with Gasteiger partial charge in [-0.25, -0.2) is 9.50 Å². The number of aromatic nitrogens is 3. The third-order valence-corrected chi connectivity index (χ3v) is 4.39. The second-order valence-corrected chi connectivity index (χ2v) is 6.75. The molecule has 3 rings (SSSR count). The molecule has 0 bridgehead atoms. The highest BCUT2D eigenvalue weighted by Crippen LogP contribution is 2.22. The van der Waals surface area contributed by atoms with E-state index in [2.05, 4.69) is 31.3 Å². The maximum Gasteiger partial charge on any atom is 0.291 e. The van der Waals surface area contributed by atoms with Gasteiger partial charge in [-0.05, 0) is 57.4 Å². The van der Waals surface area contributed by atoms with Crippen molar-refractivity contribution in [2.45, 2.75) is 12.5 Å². The summed E-state index contributed by atoms with van der Waals surface area (Å²) in [6.45, 7) is 1.74. The van der Waals surface area contributed by atoms with E-state index in [1.54, 1.807) is 19.2 Å². The van der Waals surface area contributed by atoms with Gasteiger partial charge in [-0.1, -0.05) is 0 Å². The molecule has 114 valence electrons. The lowest BCUT2D eigenvalue weighted by atomic mass is 9.99. The van der Waals surface area contributed by atoms with Crippen molar-refractivity contribution < 1.29 is 9.90 Å². The molecule has 0 spiro atoms. The number of thiophene rings is 1. The molecule has 0 saturated heterocycles. The maximum absolute atomic E-state index is 12.1. The highest BCUT2D eigenvalue weighted by molar-refractivity contribution is 9.10. The van der Waals surface area contributed by atoms with Gasteiger partial charge in [0.2, 0.25) is 5.82 Å². The number of nitrogens with zero attached hydrogens (tertiary/aromatic N) is 3. The fraction of sp³-hybridized carbons (Fsp3) is 0.214. The van der Waals surface area contributed by atoms with Crippen LogP contribution in [0.25, 0.3) is 5.65 Å². The van der Waals surface area contributed by atoms with Gasteiger partial charge >= 0.3 is 0 Å². The summed E-state index contributed by atoms with van der Waals surface area (Å²) in [4.78, 5) is 16.3. The number of carbonyl (C=O) groups is 1. The molecule has 0 aliphatic carbocycles. The van der Waals surface area contributed by atoms with Gasteiger partial charge in [0, 0.05) is 10.7 Å². The van der Waals surface area contributed by atoms with Crippen LogP contribution in [-0.4, -0.2) is 32.2 Å². The van der Waals surface area contributed by atoms with Crippen molar-refractivity contribution >= 4 is 38.8 Å². The van der Waals surface area contributed by atoms with Gasteiger partial charge in [-0.15, -0.1) is 5.10 Å². The standard InChI is InChI=1S/C14H13BrN4O2S/c1-14(21,9-4-5-22-7-9)8-16-13(20)12-17-11-3-2-10(15)6-19(11)18-12/h2-7,21H,8H2,1H3,(H,16,20)/t14-/m0/s1. The molecule has 0 aromatic carbocycles. The zero-order chi connectivity index (χ0) is 15.7. The molecule has 2 N–H and O–H groups in total. The summed E-state index contributed by atoms with van der Waals surface area (Å²) in [5.41, 5.74) is 0.223. The number of pyridine rings is 1. The number of amides is 1. The molecule has 0 fully saturated rings. The van der Waals surface area contributed by atoms with E-state index < -0.39 is 11.5 Å². The predicted molar refractivity (Wildman–Crippen MR) is 86.9 cm³/mol. The van der Waals surface area contributed by atoms with Crippen molar-refractivity contribution in [1.82, 2.24) is 19.9 Å². The number of rotatable bonds is 4. The highest BCUT2D eigenvalue weighted by Gasteiger charge is 2.25. The lowest BCUT2D eigenvalue weighted by Gasteiger charge is -2.22. The van der Waals surface area contributed by atoms with Crippen LogP contribution < -0.4 is 5.32 Å². The largest absolute Gasteiger partial charge is 0.384 e. The molecule has 0 aliphatic heterocycles. The average Bonchev–Trinajstić information content (AvgIpc) is 3.13. The van der Waals surface area contributed by atoms with Crippen molar-refractivity contribution in [3.63, 3.8) is 0 Å². The van der Waals surface area contributed by atoms with Crippen LogP contribution in [0.4, 0.5) is 0 Å². The third-order valence-electron chi connectivity index (χ3n) is 3.23. The second-order valence-electron chi connectivity index (χ2n) is 5.05. The Balaban J connectivity index is 1.73. The molecular formula is C14H13BrN4O2S. The second kappa shape index (κ2) is 5.79. The molecule has 3 aromatic heterocycles. The quantitative estimate of drug-likeness (QED) is 0.726. The molecule has 0 radical (unpaired) electrons. The minimum atomic E-state index is -1.13. The Hall–Kier alpha value is -1.77. The van der Waals surface area contributed by atoms with Crippen molar-refractivity contribution in [1.29, 1.82) is 0 Å². The topological polar surface area (TPSA) is 79.5 Å². The minimum absolute atomic E-state index is 0.0687. The summed E-state index contributed by atoms with van der Waals surface area (Å²) < 4.78 is 2.37. The first-order valence-electron chi connectivity index (χ1n) is 6.51. The van der Waals surface area contributed by atoms with Gasteiger partial charge in [0.1, 0.15) is 5.60 Å². The molecule has 1 amide bonds. The number of halogens is 1. The molecule has 0 saturated carbocycles. The lowest BCUT2D eigenvalue weighted by molar-refractivity contribution is 0.0527. The summed E-state index contributed by atoms with van der Waals surface area (Å²) >= 11 is 4.83. The first-order valence-corrected chi connectivity index (χ1v) is 8.24. The molecule has 6 nitrogen and oxygen atoms in total. The van der Waals surface area contributed by atoms with E-state index in [-0.39, 0.29) is 12.4 Å². The number of hydrogen-bond donors (Lipinski definition) is 2. The number of nitrogens with one attached hydrogen (secondary N) is 1. The molecule has 8 heteroatoms. The third kappa shape index (κ3) is 3.03. The van der Waals surface area contributed by atoms with E-state index in [4.69, 9.17) is 0 Å². The zero-order valence-corrected chi connectivity index (χ0v) is 14.1. The Labute approximate surface area is 138 Å². The van der Waals surface area contributed by atoms with E-state index >= 15 is 0 Å².